The molecule has 0 radical (unpaired) electrons. The molecule has 156 valence electrons. The first-order valence-corrected chi connectivity index (χ1v) is 9.67. The Bertz CT molecular complexity index is 1220. The molecule has 3 N–H and O–H groups in total. The Morgan fingerprint density at radius 1 is 0.871 bits per heavy atom. The monoisotopic (exact) mass is 415 g/mol. The first-order valence-electron chi connectivity index (χ1n) is 9.67. The fourth-order valence-electron chi connectivity index (χ4n) is 3.18. The summed E-state index contributed by atoms with van der Waals surface area (Å²) in [7, 11) is 1.51. The number of H-pyrrole nitrogens is 1. The van der Waals surface area contributed by atoms with Gasteiger partial charge in [-0.25, -0.2) is 0 Å². The summed E-state index contributed by atoms with van der Waals surface area (Å²) in [4.78, 5) is 28.0. The van der Waals surface area contributed by atoms with Gasteiger partial charge >= 0.3 is 0 Å². The van der Waals surface area contributed by atoms with E-state index in [1.54, 1.807) is 24.4 Å². The Morgan fingerprint density at radius 3 is 2.42 bits per heavy atom. The summed E-state index contributed by atoms with van der Waals surface area (Å²) >= 11 is 0. The predicted octanol–water partition coefficient (Wildman–Crippen LogP) is 3.83. The van der Waals surface area contributed by atoms with Crippen molar-refractivity contribution >= 4 is 22.7 Å². The number of hydrogen-bond donors (Lipinski definition) is 3. The van der Waals surface area contributed by atoms with Gasteiger partial charge in [-0.2, -0.15) is 0 Å². The third-order valence-electron chi connectivity index (χ3n) is 4.79. The van der Waals surface area contributed by atoms with Crippen LogP contribution in [-0.4, -0.2) is 23.9 Å². The number of carbonyl (C=O) groups excluding carboxylic acids is 2. The highest BCUT2D eigenvalue weighted by molar-refractivity contribution is 6.07. The average Bonchev–Trinajstić information content (AvgIpc) is 3.26. The normalized spacial score (nSPS) is 10.5. The van der Waals surface area contributed by atoms with E-state index in [4.69, 9.17) is 9.47 Å². The molecule has 0 saturated carbocycles. The maximum Gasteiger partial charge on any atom is 0.271 e. The Morgan fingerprint density at radius 2 is 1.61 bits per heavy atom. The minimum Gasteiger partial charge on any atom is -0.493 e. The van der Waals surface area contributed by atoms with Gasteiger partial charge in [-0.3, -0.25) is 20.4 Å². The topological polar surface area (TPSA) is 92.5 Å². The smallest absolute Gasteiger partial charge is 0.271 e. The third kappa shape index (κ3) is 4.51. The van der Waals surface area contributed by atoms with Gasteiger partial charge in [0.25, 0.3) is 11.8 Å². The van der Waals surface area contributed by atoms with Crippen molar-refractivity contribution < 1.29 is 19.1 Å². The minimum absolute atomic E-state index is 0.322. The molecule has 31 heavy (non-hydrogen) atoms. The van der Waals surface area contributed by atoms with Crippen molar-refractivity contribution in [3.63, 3.8) is 0 Å². The Balaban J connectivity index is 1.40. The van der Waals surface area contributed by atoms with E-state index >= 15 is 0 Å². The minimum atomic E-state index is -0.471. The van der Waals surface area contributed by atoms with Crippen LogP contribution in [0.4, 0.5) is 0 Å². The molecule has 0 spiro atoms. The largest absolute Gasteiger partial charge is 0.493 e. The van der Waals surface area contributed by atoms with Crippen LogP contribution in [0, 0.1) is 0 Å². The molecular formula is C24H21N3O4. The van der Waals surface area contributed by atoms with Gasteiger partial charge in [0.2, 0.25) is 0 Å². The summed E-state index contributed by atoms with van der Waals surface area (Å²) in [6.45, 7) is 0.378. The van der Waals surface area contributed by atoms with E-state index in [-0.39, 0.29) is 0 Å². The number of rotatable bonds is 6. The van der Waals surface area contributed by atoms with Crippen LogP contribution in [0.5, 0.6) is 11.5 Å². The molecule has 0 fully saturated rings. The molecule has 4 aromatic rings. The van der Waals surface area contributed by atoms with Gasteiger partial charge in [0.05, 0.1) is 12.7 Å². The van der Waals surface area contributed by atoms with E-state index < -0.39 is 11.8 Å². The molecule has 2 amide bonds. The Kier molecular flexibility index (Phi) is 5.84. The fourth-order valence-corrected chi connectivity index (χ4v) is 3.18. The number of para-hydroxylation sites is 1. The SMILES string of the molecule is COc1cc(C(=O)NNC(=O)c2c[nH]c3ccccc23)ccc1OCc1ccccc1. The van der Waals surface area contributed by atoms with E-state index in [0.29, 0.717) is 29.2 Å². The van der Waals surface area contributed by atoms with Crippen molar-refractivity contribution in [2.24, 2.45) is 0 Å². The van der Waals surface area contributed by atoms with Crippen LogP contribution in [0.1, 0.15) is 26.3 Å². The molecule has 0 aliphatic heterocycles. The number of carbonyl (C=O) groups is 2. The number of hydrogen-bond acceptors (Lipinski definition) is 4. The number of nitrogens with one attached hydrogen (secondary N) is 3. The zero-order valence-electron chi connectivity index (χ0n) is 16.8. The summed E-state index contributed by atoms with van der Waals surface area (Å²) in [5, 5.41) is 0.774. The quantitative estimate of drug-likeness (QED) is 0.417. The van der Waals surface area contributed by atoms with E-state index in [2.05, 4.69) is 15.8 Å². The molecule has 7 heteroatoms. The molecular weight excluding hydrogens is 394 g/mol. The van der Waals surface area contributed by atoms with Crippen molar-refractivity contribution in [3.05, 3.63) is 95.7 Å². The van der Waals surface area contributed by atoms with E-state index in [0.717, 1.165) is 16.5 Å². The highest BCUT2D eigenvalue weighted by atomic mass is 16.5. The summed E-state index contributed by atoms with van der Waals surface area (Å²) in [5.74, 6) is 0.0546. The average molecular weight is 415 g/mol. The maximum absolute atomic E-state index is 12.5. The summed E-state index contributed by atoms with van der Waals surface area (Å²) < 4.78 is 11.2. The number of ether oxygens (including phenoxy) is 2. The number of aromatic nitrogens is 1. The van der Waals surface area contributed by atoms with Crippen LogP contribution in [0.2, 0.25) is 0 Å². The standard InChI is InChI=1S/C24H21N3O4/c1-30-22-13-17(11-12-21(22)31-15-16-7-3-2-4-8-16)23(28)26-27-24(29)19-14-25-20-10-6-5-9-18(19)20/h2-14,25H,15H2,1H3,(H,26,28)(H,27,29). The second kappa shape index (κ2) is 9.04. The second-order valence-corrected chi connectivity index (χ2v) is 6.80. The van der Waals surface area contributed by atoms with Crippen LogP contribution in [0.25, 0.3) is 10.9 Å². The Hall–Kier alpha value is -4.26. The van der Waals surface area contributed by atoms with E-state index in [1.165, 1.54) is 7.11 Å². The van der Waals surface area contributed by atoms with Crippen LogP contribution in [0.3, 0.4) is 0 Å². The highest BCUT2D eigenvalue weighted by Crippen LogP contribution is 2.29. The van der Waals surface area contributed by atoms with Crippen LogP contribution >= 0.6 is 0 Å². The van der Waals surface area contributed by atoms with Gasteiger partial charge < -0.3 is 14.5 Å². The van der Waals surface area contributed by atoms with E-state index in [1.807, 2.05) is 54.6 Å². The number of benzene rings is 3. The molecule has 0 bridgehead atoms. The van der Waals surface area contributed by atoms with Gasteiger partial charge in [0.15, 0.2) is 11.5 Å². The van der Waals surface area contributed by atoms with Gasteiger partial charge in [-0.15, -0.1) is 0 Å². The molecule has 0 saturated heterocycles. The number of methoxy groups -OCH3 is 1. The first kappa shape index (κ1) is 20.0. The lowest BCUT2D eigenvalue weighted by Gasteiger charge is -2.13. The predicted molar refractivity (Wildman–Crippen MR) is 117 cm³/mol. The van der Waals surface area contributed by atoms with Crippen molar-refractivity contribution in [2.75, 3.05) is 7.11 Å². The van der Waals surface area contributed by atoms with Crippen molar-refractivity contribution in [1.29, 1.82) is 0 Å². The third-order valence-corrected chi connectivity index (χ3v) is 4.79. The van der Waals surface area contributed by atoms with Gasteiger partial charge in [0.1, 0.15) is 6.61 Å². The molecule has 1 heterocycles. The highest BCUT2D eigenvalue weighted by Gasteiger charge is 2.15. The number of hydrazine groups is 1. The van der Waals surface area contributed by atoms with Crippen molar-refractivity contribution in [1.82, 2.24) is 15.8 Å². The molecule has 7 nitrogen and oxygen atoms in total. The van der Waals surface area contributed by atoms with Crippen molar-refractivity contribution in [2.45, 2.75) is 6.61 Å². The lowest BCUT2D eigenvalue weighted by molar-refractivity contribution is 0.0847. The number of aromatic amines is 1. The van der Waals surface area contributed by atoms with Crippen LogP contribution < -0.4 is 20.3 Å². The Labute approximate surface area is 179 Å². The molecule has 3 aromatic carbocycles. The lowest BCUT2D eigenvalue weighted by Crippen LogP contribution is -2.41. The molecule has 0 unspecified atom stereocenters. The van der Waals surface area contributed by atoms with Gasteiger partial charge in [0, 0.05) is 22.7 Å². The van der Waals surface area contributed by atoms with Gasteiger partial charge in [-0.1, -0.05) is 48.5 Å². The summed E-state index contributed by atoms with van der Waals surface area (Å²) in [6.07, 6.45) is 1.61. The molecule has 0 aliphatic rings. The molecule has 0 atom stereocenters. The summed E-state index contributed by atoms with van der Waals surface area (Å²) in [5.41, 5.74) is 7.50. The van der Waals surface area contributed by atoms with E-state index in [9.17, 15) is 9.59 Å². The lowest BCUT2D eigenvalue weighted by atomic mass is 10.1. The molecule has 1 aromatic heterocycles. The second-order valence-electron chi connectivity index (χ2n) is 6.80. The zero-order valence-corrected chi connectivity index (χ0v) is 16.8. The molecule has 0 aliphatic carbocycles. The zero-order chi connectivity index (χ0) is 21.6. The van der Waals surface area contributed by atoms with Crippen LogP contribution in [-0.2, 0) is 6.61 Å². The van der Waals surface area contributed by atoms with Crippen molar-refractivity contribution in [3.8, 4) is 11.5 Å². The maximum atomic E-state index is 12.5. The first-order chi connectivity index (χ1) is 15.2. The number of fused-ring (bicyclic) bond motifs is 1. The van der Waals surface area contributed by atoms with Crippen LogP contribution in [0.15, 0.2) is 79.0 Å². The molecule has 4 rings (SSSR count). The summed E-state index contributed by atoms with van der Waals surface area (Å²) in [6, 6.07) is 22.0. The van der Waals surface area contributed by atoms with Gasteiger partial charge in [-0.05, 0) is 29.8 Å². The number of amides is 2. The fraction of sp³-hybridized carbons (Fsp3) is 0.0833.